The summed E-state index contributed by atoms with van der Waals surface area (Å²) in [4.78, 5) is 33.4. The second kappa shape index (κ2) is 8.00. The molecule has 5 rings (SSSR count). The van der Waals surface area contributed by atoms with E-state index in [1.165, 1.54) is 24.3 Å². The number of nitrogens with zero attached hydrogens (tertiary/aromatic N) is 2. The maximum Gasteiger partial charge on any atom is 0.257 e. The Kier molecular flexibility index (Phi) is 5.03. The first kappa shape index (κ1) is 19.5. The Hall–Kier alpha value is -3.45. The molecule has 7 heteroatoms. The van der Waals surface area contributed by atoms with Gasteiger partial charge in [0.25, 0.3) is 11.8 Å². The zero-order valence-electron chi connectivity index (χ0n) is 16.9. The number of halogens is 1. The number of aromatic amines is 1. The van der Waals surface area contributed by atoms with Gasteiger partial charge in [-0.2, -0.15) is 0 Å². The first-order chi connectivity index (χ1) is 15.1. The zero-order valence-corrected chi connectivity index (χ0v) is 16.9. The molecule has 2 aliphatic heterocycles. The molecule has 1 aromatic heterocycles. The zero-order chi connectivity index (χ0) is 21.4. The van der Waals surface area contributed by atoms with E-state index in [0.717, 1.165) is 22.2 Å². The Morgan fingerprint density at radius 3 is 2.45 bits per heavy atom. The van der Waals surface area contributed by atoms with Crippen LogP contribution in [0.1, 0.15) is 21.6 Å². The van der Waals surface area contributed by atoms with E-state index < -0.39 is 5.82 Å². The van der Waals surface area contributed by atoms with Gasteiger partial charge in [0.05, 0.1) is 24.5 Å². The predicted octanol–water partition coefficient (Wildman–Crippen LogP) is 3.21. The van der Waals surface area contributed by atoms with Crippen LogP contribution in [0.4, 0.5) is 4.39 Å². The number of fused-ring (bicyclic) bond motifs is 3. The van der Waals surface area contributed by atoms with Gasteiger partial charge in [0.1, 0.15) is 5.82 Å². The summed E-state index contributed by atoms with van der Waals surface area (Å²) < 4.78 is 18.7. The maximum absolute atomic E-state index is 13.5. The summed E-state index contributed by atoms with van der Waals surface area (Å²) in [5.41, 5.74) is 3.59. The van der Waals surface area contributed by atoms with Crippen molar-refractivity contribution in [3.8, 4) is 0 Å². The molecule has 0 spiro atoms. The third kappa shape index (κ3) is 3.61. The Morgan fingerprint density at radius 2 is 1.68 bits per heavy atom. The SMILES string of the molecule is O=C(c1ccc(F)cc1)N1C=C(C(=O)N2CCOCC2)c2[nH]c3ccccc3c2CC1. The molecule has 158 valence electrons. The second-order valence-corrected chi connectivity index (χ2v) is 7.73. The Bertz CT molecular complexity index is 1180. The van der Waals surface area contributed by atoms with Crippen LogP contribution in [0.25, 0.3) is 16.5 Å². The van der Waals surface area contributed by atoms with Crippen LogP contribution < -0.4 is 0 Å². The average Bonchev–Trinajstić information content (AvgIpc) is 3.07. The third-order valence-corrected chi connectivity index (χ3v) is 5.85. The highest BCUT2D eigenvalue weighted by molar-refractivity contribution is 6.21. The number of amides is 2. The third-order valence-electron chi connectivity index (χ3n) is 5.85. The lowest BCUT2D eigenvalue weighted by Gasteiger charge is -2.28. The highest BCUT2D eigenvalue weighted by atomic mass is 19.1. The fourth-order valence-corrected chi connectivity index (χ4v) is 4.22. The van der Waals surface area contributed by atoms with E-state index in [4.69, 9.17) is 4.74 Å². The molecule has 0 aliphatic carbocycles. The topological polar surface area (TPSA) is 65.6 Å². The molecule has 1 fully saturated rings. The van der Waals surface area contributed by atoms with Gasteiger partial charge in [-0.25, -0.2) is 4.39 Å². The average molecular weight is 419 g/mol. The van der Waals surface area contributed by atoms with E-state index in [-0.39, 0.29) is 11.8 Å². The number of aromatic nitrogens is 1. The lowest BCUT2D eigenvalue weighted by Crippen LogP contribution is -2.41. The van der Waals surface area contributed by atoms with Gasteiger partial charge in [-0.15, -0.1) is 0 Å². The molecule has 0 unspecified atom stereocenters. The molecule has 0 radical (unpaired) electrons. The largest absolute Gasteiger partial charge is 0.378 e. The van der Waals surface area contributed by atoms with Gasteiger partial charge in [-0.3, -0.25) is 9.59 Å². The van der Waals surface area contributed by atoms with Gasteiger partial charge in [-0.05, 0) is 42.3 Å². The number of nitrogens with one attached hydrogen (secondary N) is 1. The number of carbonyl (C=O) groups excluding carboxylic acids is 2. The number of benzene rings is 2. The molecule has 3 aromatic rings. The molecule has 1 saturated heterocycles. The van der Waals surface area contributed by atoms with E-state index in [1.807, 2.05) is 24.3 Å². The monoisotopic (exact) mass is 419 g/mol. The fourth-order valence-electron chi connectivity index (χ4n) is 4.22. The van der Waals surface area contributed by atoms with Crippen LogP contribution in [-0.4, -0.2) is 59.4 Å². The minimum Gasteiger partial charge on any atom is -0.378 e. The van der Waals surface area contributed by atoms with Crippen molar-refractivity contribution in [3.05, 3.63) is 77.4 Å². The first-order valence-electron chi connectivity index (χ1n) is 10.4. The number of carbonyl (C=O) groups is 2. The summed E-state index contributed by atoms with van der Waals surface area (Å²) in [7, 11) is 0. The number of H-pyrrole nitrogens is 1. The van der Waals surface area contributed by atoms with Gasteiger partial charge < -0.3 is 19.5 Å². The summed E-state index contributed by atoms with van der Waals surface area (Å²) >= 11 is 0. The minimum absolute atomic E-state index is 0.130. The highest BCUT2D eigenvalue weighted by Crippen LogP contribution is 2.32. The molecule has 31 heavy (non-hydrogen) atoms. The predicted molar refractivity (Wildman–Crippen MR) is 115 cm³/mol. The van der Waals surface area contributed by atoms with Crippen molar-refractivity contribution in [3.63, 3.8) is 0 Å². The molecule has 2 aromatic carbocycles. The Morgan fingerprint density at radius 1 is 0.935 bits per heavy atom. The number of hydrogen-bond donors (Lipinski definition) is 1. The second-order valence-electron chi connectivity index (χ2n) is 7.73. The molecule has 1 N–H and O–H groups in total. The molecule has 0 saturated carbocycles. The van der Waals surface area contributed by atoms with Crippen molar-refractivity contribution in [2.75, 3.05) is 32.8 Å². The number of para-hydroxylation sites is 1. The Labute approximate surface area is 178 Å². The van der Waals surface area contributed by atoms with Crippen LogP contribution in [0, 0.1) is 5.82 Å². The van der Waals surface area contributed by atoms with Gasteiger partial charge in [0.15, 0.2) is 0 Å². The summed E-state index contributed by atoms with van der Waals surface area (Å²) in [6.45, 7) is 2.44. The summed E-state index contributed by atoms with van der Waals surface area (Å²) in [6, 6.07) is 13.4. The fraction of sp³-hybridized carbons (Fsp3) is 0.250. The van der Waals surface area contributed by atoms with E-state index in [2.05, 4.69) is 4.98 Å². The van der Waals surface area contributed by atoms with Crippen LogP contribution in [-0.2, 0) is 16.0 Å². The van der Waals surface area contributed by atoms with Crippen LogP contribution in [0.15, 0.2) is 54.7 Å². The summed E-state index contributed by atoms with van der Waals surface area (Å²) in [6.07, 6.45) is 2.24. The molecule has 3 heterocycles. The van der Waals surface area contributed by atoms with Crippen molar-refractivity contribution in [2.45, 2.75) is 6.42 Å². The summed E-state index contributed by atoms with van der Waals surface area (Å²) in [5.74, 6) is -0.788. The van der Waals surface area contributed by atoms with E-state index >= 15 is 0 Å². The standard InChI is InChI=1S/C24H22FN3O3/c25-17-7-5-16(6-8-17)23(29)28-10-9-19-18-3-1-2-4-21(18)26-22(19)20(15-28)24(30)27-11-13-31-14-12-27/h1-8,15,26H,9-14H2. The van der Waals surface area contributed by atoms with Gasteiger partial charge in [0.2, 0.25) is 0 Å². The molecule has 6 nitrogen and oxygen atoms in total. The van der Waals surface area contributed by atoms with Crippen molar-refractivity contribution in [1.82, 2.24) is 14.8 Å². The molecule has 2 aliphatic rings. The van der Waals surface area contributed by atoms with Crippen LogP contribution in [0.3, 0.4) is 0 Å². The molecule has 0 bridgehead atoms. The highest BCUT2D eigenvalue weighted by Gasteiger charge is 2.30. The van der Waals surface area contributed by atoms with Crippen molar-refractivity contribution < 1.29 is 18.7 Å². The number of rotatable bonds is 2. The van der Waals surface area contributed by atoms with Crippen LogP contribution in [0.2, 0.25) is 0 Å². The van der Waals surface area contributed by atoms with Gasteiger partial charge >= 0.3 is 0 Å². The van der Waals surface area contributed by atoms with Gasteiger partial charge in [0, 0.05) is 42.3 Å². The van der Waals surface area contributed by atoms with Crippen molar-refractivity contribution in [2.24, 2.45) is 0 Å². The van der Waals surface area contributed by atoms with Crippen LogP contribution in [0.5, 0.6) is 0 Å². The maximum atomic E-state index is 13.5. The number of morpholine rings is 1. The lowest BCUT2D eigenvalue weighted by molar-refractivity contribution is -0.129. The van der Waals surface area contributed by atoms with E-state index in [1.54, 1.807) is 16.0 Å². The van der Waals surface area contributed by atoms with Crippen LogP contribution >= 0.6 is 0 Å². The van der Waals surface area contributed by atoms with E-state index in [9.17, 15) is 14.0 Å². The number of hydrogen-bond acceptors (Lipinski definition) is 3. The molecular formula is C24H22FN3O3. The normalized spacial score (nSPS) is 16.6. The quantitative estimate of drug-likeness (QED) is 0.694. The molecular weight excluding hydrogens is 397 g/mol. The van der Waals surface area contributed by atoms with E-state index in [0.29, 0.717) is 50.4 Å². The lowest BCUT2D eigenvalue weighted by atomic mass is 10.0. The Balaban J connectivity index is 1.58. The minimum atomic E-state index is -0.396. The summed E-state index contributed by atoms with van der Waals surface area (Å²) in [5, 5.41) is 1.05. The van der Waals surface area contributed by atoms with Crippen molar-refractivity contribution in [1.29, 1.82) is 0 Å². The van der Waals surface area contributed by atoms with Gasteiger partial charge in [-0.1, -0.05) is 18.2 Å². The van der Waals surface area contributed by atoms with Crippen molar-refractivity contribution >= 4 is 28.3 Å². The molecule has 0 atom stereocenters. The molecule has 2 amide bonds. The number of ether oxygens (including phenoxy) is 1. The smallest absolute Gasteiger partial charge is 0.257 e. The first-order valence-corrected chi connectivity index (χ1v) is 10.4.